The van der Waals surface area contributed by atoms with Gasteiger partial charge in [0.2, 0.25) is 0 Å². The third-order valence-electron chi connectivity index (χ3n) is 2.98. The van der Waals surface area contributed by atoms with E-state index in [0.717, 1.165) is 0 Å². The van der Waals surface area contributed by atoms with Crippen LogP contribution in [-0.2, 0) is 0 Å². The van der Waals surface area contributed by atoms with Crippen LogP contribution in [0.5, 0.6) is 0 Å². The lowest BCUT2D eigenvalue weighted by atomic mass is 10.1. The van der Waals surface area contributed by atoms with Gasteiger partial charge in [0.05, 0.1) is 11.9 Å². The van der Waals surface area contributed by atoms with E-state index >= 15 is 0 Å². The van der Waals surface area contributed by atoms with Crippen LogP contribution in [0.15, 0.2) is 30.5 Å². The highest BCUT2D eigenvalue weighted by molar-refractivity contribution is 5.96. The maximum absolute atomic E-state index is 11.8. The number of amides is 2. The number of hydrazine groups is 1. The number of benzene rings is 1. The van der Waals surface area contributed by atoms with Gasteiger partial charge in [0.25, 0.3) is 11.8 Å². The number of hydrogen-bond donors (Lipinski definition) is 3. The number of nitrogens with one attached hydrogen (secondary N) is 1. The molecule has 0 aliphatic carbocycles. The molecular formula is C16H22N6O2. The van der Waals surface area contributed by atoms with Crippen LogP contribution in [0.3, 0.4) is 0 Å². The van der Waals surface area contributed by atoms with Gasteiger partial charge >= 0.3 is 0 Å². The number of nitrogen functional groups attached to an aromatic ring is 2. The highest BCUT2D eigenvalue weighted by Gasteiger charge is 2.14. The molecule has 0 bridgehead atoms. The monoisotopic (exact) mass is 330 g/mol. The van der Waals surface area contributed by atoms with Crippen LogP contribution in [0.1, 0.15) is 34.7 Å². The van der Waals surface area contributed by atoms with Crippen LogP contribution in [0, 0.1) is 0 Å². The quantitative estimate of drug-likeness (QED) is 0.438. The highest BCUT2D eigenvalue weighted by Crippen LogP contribution is 2.19. The maximum atomic E-state index is 11.8. The topological polar surface area (TPSA) is 127 Å². The minimum Gasteiger partial charge on any atom is -0.382 e. The molecule has 5 N–H and O–H groups in total. The van der Waals surface area contributed by atoms with Crippen LogP contribution < -0.4 is 17.0 Å². The highest BCUT2D eigenvalue weighted by atomic mass is 16.2. The van der Waals surface area contributed by atoms with E-state index in [1.165, 1.54) is 11.1 Å². The Kier molecular flexibility index (Phi) is 6.81. The Hall–Kier alpha value is -3.00. The lowest BCUT2D eigenvalue weighted by Gasteiger charge is -2.10. The van der Waals surface area contributed by atoms with Gasteiger partial charge in [-0.05, 0) is 12.1 Å². The van der Waals surface area contributed by atoms with Crippen molar-refractivity contribution in [2.45, 2.75) is 13.8 Å². The Labute approximate surface area is 140 Å². The predicted octanol–water partition coefficient (Wildman–Crippen LogP) is 1.06. The van der Waals surface area contributed by atoms with Crippen molar-refractivity contribution in [2.75, 3.05) is 19.8 Å². The molecule has 8 heteroatoms. The van der Waals surface area contributed by atoms with E-state index in [0.29, 0.717) is 16.8 Å². The summed E-state index contributed by atoms with van der Waals surface area (Å²) in [6.45, 7) is 4.00. The number of rotatable bonds is 3. The first-order valence-corrected chi connectivity index (χ1v) is 7.39. The number of nitrogens with two attached hydrogens (primary N) is 2. The standard InChI is InChI=1S/C14H16N6O2.C2H6/c1-20(2)14(22)9-5-3-8(4-6-9)10-7-17-12(15)11(18-10)13(21)19-16;1-2/h3-7H,16H2,1-2H3,(H2,15,17)(H,19,21);1-2H3. The van der Waals surface area contributed by atoms with E-state index in [1.807, 2.05) is 19.3 Å². The number of nitrogens with zero attached hydrogens (tertiary/aromatic N) is 3. The van der Waals surface area contributed by atoms with Crippen molar-refractivity contribution < 1.29 is 9.59 Å². The molecule has 1 heterocycles. The first-order chi connectivity index (χ1) is 11.4. The van der Waals surface area contributed by atoms with E-state index in [4.69, 9.17) is 11.6 Å². The number of aromatic nitrogens is 2. The number of anilines is 1. The van der Waals surface area contributed by atoms with Gasteiger partial charge in [0.1, 0.15) is 0 Å². The van der Waals surface area contributed by atoms with Crippen molar-refractivity contribution >= 4 is 17.6 Å². The van der Waals surface area contributed by atoms with Crippen molar-refractivity contribution in [3.05, 3.63) is 41.7 Å². The molecule has 0 aliphatic heterocycles. The Bertz CT molecular complexity index is 713. The summed E-state index contributed by atoms with van der Waals surface area (Å²) >= 11 is 0. The van der Waals surface area contributed by atoms with Crippen molar-refractivity contribution in [3.8, 4) is 11.3 Å². The second kappa shape index (κ2) is 8.59. The molecule has 2 aromatic rings. The van der Waals surface area contributed by atoms with E-state index in [-0.39, 0.29) is 17.4 Å². The van der Waals surface area contributed by atoms with Crippen LogP contribution in [0.2, 0.25) is 0 Å². The summed E-state index contributed by atoms with van der Waals surface area (Å²) in [5.41, 5.74) is 9.23. The Morgan fingerprint density at radius 2 is 1.71 bits per heavy atom. The smallest absolute Gasteiger partial charge is 0.287 e. The first kappa shape index (κ1) is 19.0. The van der Waals surface area contributed by atoms with Gasteiger partial charge < -0.3 is 10.6 Å². The van der Waals surface area contributed by atoms with E-state index < -0.39 is 5.91 Å². The van der Waals surface area contributed by atoms with Gasteiger partial charge in [-0.3, -0.25) is 15.0 Å². The summed E-state index contributed by atoms with van der Waals surface area (Å²) in [5, 5.41) is 0. The van der Waals surface area contributed by atoms with Gasteiger partial charge in [-0.25, -0.2) is 15.8 Å². The maximum Gasteiger partial charge on any atom is 0.287 e. The minimum absolute atomic E-state index is 0.00824. The van der Waals surface area contributed by atoms with Crippen molar-refractivity contribution in [2.24, 2.45) is 5.84 Å². The zero-order chi connectivity index (χ0) is 18.3. The molecule has 1 aromatic carbocycles. The lowest BCUT2D eigenvalue weighted by molar-refractivity contribution is 0.0827. The molecule has 1 aromatic heterocycles. The first-order valence-electron chi connectivity index (χ1n) is 7.39. The zero-order valence-electron chi connectivity index (χ0n) is 14.2. The third kappa shape index (κ3) is 4.26. The largest absolute Gasteiger partial charge is 0.382 e. The molecule has 128 valence electrons. The zero-order valence-corrected chi connectivity index (χ0v) is 14.2. The predicted molar refractivity (Wildman–Crippen MR) is 92.9 cm³/mol. The van der Waals surface area contributed by atoms with Crippen LogP contribution in [0.25, 0.3) is 11.3 Å². The molecule has 0 atom stereocenters. The molecule has 24 heavy (non-hydrogen) atoms. The van der Waals surface area contributed by atoms with Gasteiger partial charge in [-0.1, -0.05) is 26.0 Å². The average molecular weight is 330 g/mol. The second-order valence-electron chi connectivity index (χ2n) is 4.74. The van der Waals surface area contributed by atoms with E-state index in [2.05, 4.69) is 9.97 Å². The molecule has 2 amide bonds. The molecule has 8 nitrogen and oxygen atoms in total. The van der Waals surface area contributed by atoms with Crippen molar-refractivity contribution in [1.82, 2.24) is 20.3 Å². The summed E-state index contributed by atoms with van der Waals surface area (Å²) in [6, 6.07) is 6.80. The summed E-state index contributed by atoms with van der Waals surface area (Å²) in [6.07, 6.45) is 1.45. The SMILES string of the molecule is CC.CN(C)C(=O)c1ccc(-c2cnc(N)c(C(=O)NN)n2)cc1. The van der Waals surface area contributed by atoms with Gasteiger partial charge in [-0.2, -0.15) is 0 Å². The molecular weight excluding hydrogens is 308 g/mol. The second-order valence-corrected chi connectivity index (χ2v) is 4.74. The third-order valence-corrected chi connectivity index (χ3v) is 2.98. The van der Waals surface area contributed by atoms with Crippen LogP contribution >= 0.6 is 0 Å². The molecule has 0 saturated heterocycles. The minimum atomic E-state index is -0.619. The number of carbonyl (C=O) groups excluding carboxylic acids is 2. The van der Waals surface area contributed by atoms with Crippen LogP contribution in [-0.4, -0.2) is 40.8 Å². The van der Waals surface area contributed by atoms with Crippen LogP contribution in [0.4, 0.5) is 5.82 Å². The summed E-state index contributed by atoms with van der Waals surface area (Å²) < 4.78 is 0. The van der Waals surface area contributed by atoms with Crippen molar-refractivity contribution in [1.29, 1.82) is 0 Å². The van der Waals surface area contributed by atoms with E-state index in [9.17, 15) is 9.59 Å². The number of hydrogen-bond acceptors (Lipinski definition) is 6. The lowest BCUT2D eigenvalue weighted by Crippen LogP contribution is -2.31. The average Bonchev–Trinajstić information content (AvgIpc) is 2.62. The molecule has 0 aliphatic rings. The Morgan fingerprint density at radius 3 is 2.21 bits per heavy atom. The molecule has 0 spiro atoms. The molecule has 0 radical (unpaired) electrons. The van der Waals surface area contributed by atoms with Gasteiger partial charge in [-0.15, -0.1) is 0 Å². The van der Waals surface area contributed by atoms with Gasteiger partial charge in [0.15, 0.2) is 11.5 Å². The van der Waals surface area contributed by atoms with Gasteiger partial charge in [0, 0.05) is 25.2 Å². The fraction of sp³-hybridized carbons (Fsp3) is 0.250. The number of carbonyl (C=O) groups is 2. The fourth-order valence-corrected chi connectivity index (χ4v) is 1.81. The van der Waals surface area contributed by atoms with Crippen molar-refractivity contribution in [3.63, 3.8) is 0 Å². The summed E-state index contributed by atoms with van der Waals surface area (Å²) in [5.74, 6) is 4.35. The summed E-state index contributed by atoms with van der Waals surface area (Å²) in [7, 11) is 3.36. The summed E-state index contributed by atoms with van der Waals surface area (Å²) in [4.78, 5) is 33.0. The van der Waals surface area contributed by atoms with E-state index in [1.54, 1.807) is 38.4 Å². The Balaban J connectivity index is 0.00000139. The fourth-order valence-electron chi connectivity index (χ4n) is 1.81. The molecule has 2 rings (SSSR count). The normalized spacial score (nSPS) is 9.54. The molecule has 0 fully saturated rings. The molecule has 0 saturated carbocycles. The Morgan fingerprint density at radius 1 is 1.12 bits per heavy atom. The molecule has 0 unspecified atom stereocenters.